The number of carboxylic acids is 1. The molecule has 3 nitrogen and oxygen atoms in total. The Labute approximate surface area is 53.2 Å². The van der Waals surface area contributed by atoms with Crippen LogP contribution in [-0.4, -0.2) is 17.1 Å². The molecule has 0 aromatic heterocycles. The molecule has 0 fully saturated rings. The van der Waals surface area contributed by atoms with Crippen molar-refractivity contribution in [1.82, 2.24) is 0 Å². The summed E-state index contributed by atoms with van der Waals surface area (Å²) in [6, 6.07) is -0.713. The normalized spacial score (nSPS) is 12.4. The van der Waals surface area contributed by atoms with E-state index in [4.69, 9.17) is 10.8 Å². The van der Waals surface area contributed by atoms with E-state index in [1.165, 1.54) is 0 Å². The van der Waals surface area contributed by atoms with Crippen LogP contribution in [0.25, 0.3) is 0 Å². The monoisotopic (exact) mass is 137 g/mol. The van der Waals surface area contributed by atoms with Crippen LogP contribution < -0.4 is 5.73 Å². The van der Waals surface area contributed by atoms with Gasteiger partial charge in [-0.1, -0.05) is 13.8 Å². The third kappa shape index (κ3) is 3.90. The van der Waals surface area contributed by atoms with Crippen molar-refractivity contribution in [3.8, 4) is 0 Å². The summed E-state index contributed by atoms with van der Waals surface area (Å²) in [7, 11) is 0. The molecule has 0 aromatic carbocycles. The van der Waals surface area contributed by atoms with E-state index >= 15 is 0 Å². The van der Waals surface area contributed by atoms with Gasteiger partial charge in [-0.3, -0.25) is 9.50 Å². The maximum absolute atomic E-state index is 10.0. The Morgan fingerprint density at radius 3 is 1.89 bits per heavy atom. The minimum atomic E-state index is -0.931. The molecule has 1 atom stereocenters. The van der Waals surface area contributed by atoms with Crippen LogP contribution in [0.5, 0.6) is 0 Å². The highest BCUT2D eigenvalue weighted by Gasteiger charge is 2.14. The van der Waals surface area contributed by atoms with Crippen LogP contribution in [0, 0.1) is 5.92 Å². The fourth-order valence-corrected chi connectivity index (χ4v) is 0.285. The number of halogens is 1. The first-order valence-corrected chi connectivity index (χ1v) is 2.54. The second-order valence-corrected chi connectivity index (χ2v) is 2.11. The number of hydrogen-bond acceptors (Lipinski definition) is 2. The Hall–Kier alpha value is -0.640. The van der Waals surface area contributed by atoms with Crippen LogP contribution in [0.1, 0.15) is 13.8 Å². The number of aliphatic carboxylic acids is 1. The lowest BCUT2D eigenvalue weighted by Gasteiger charge is -2.07. The predicted octanol–water partition coefficient (Wildman–Crippen LogP) is 0.207. The molecule has 3 N–H and O–H groups in total. The van der Waals surface area contributed by atoms with Crippen LogP contribution >= 0.6 is 0 Å². The second kappa shape index (κ2) is 4.26. The average Bonchev–Trinajstić information content (AvgIpc) is 1.64. The van der Waals surface area contributed by atoms with Gasteiger partial charge in [-0.25, -0.2) is 0 Å². The fourth-order valence-electron chi connectivity index (χ4n) is 0.285. The highest BCUT2D eigenvalue weighted by molar-refractivity contribution is 5.73. The zero-order valence-electron chi connectivity index (χ0n) is 5.50. The Balaban J connectivity index is 0. The summed E-state index contributed by atoms with van der Waals surface area (Å²) in [5, 5.41) is 8.23. The van der Waals surface area contributed by atoms with Crippen LogP contribution in [0.2, 0.25) is 0 Å². The SMILES string of the molecule is CC(C)C(N)C(=O)O.F. The molecule has 0 spiro atoms. The highest BCUT2D eigenvalue weighted by Crippen LogP contribution is 1.96. The van der Waals surface area contributed by atoms with Crippen molar-refractivity contribution in [3.05, 3.63) is 0 Å². The molecular formula is C5H12FNO2. The molecule has 0 saturated heterocycles. The number of rotatable bonds is 2. The van der Waals surface area contributed by atoms with Crippen molar-refractivity contribution in [3.63, 3.8) is 0 Å². The topological polar surface area (TPSA) is 63.3 Å². The maximum Gasteiger partial charge on any atom is 0.320 e. The van der Waals surface area contributed by atoms with Crippen LogP contribution in [0.4, 0.5) is 4.70 Å². The Morgan fingerprint density at radius 1 is 1.56 bits per heavy atom. The van der Waals surface area contributed by atoms with Gasteiger partial charge in [-0.2, -0.15) is 0 Å². The van der Waals surface area contributed by atoms with Gasteiger partial charge in [0, 0.05) is 0 Å². The van der Waals surface area contributed by atoms with Crippen molar-refractivity contribution in [1.29, 1.82) is 0 Å². The molecule has 0 heterocycles. The van der Waals surface area contributed by atoms with Gasteiger partial charge in [0.2, 0.25) is 0 Å². The number of carbonyl (C=O) groups is 1. The molecular weight excluding hydrogens is 125 g/mol. The lowest BCUT2D eigenvalue weighted by Crippen LogP contribution is -2.34. The van der Waals surface area contributed by atoms with E-state index in [0.717, 1.165) is 0 Å². The summed E-state index contributed by atoms with van der Waals surface area (Å²) in [6.07, 6.45) is 0. The Bertz CT molecular complexity index is 95.0. The van der Waals surface area contributed by atoms with Crippen LogP contribution in [-0.2, 0) is 4.79 Å². The second-order valence-electron chi connectivity index (χ2n) is 2.11. The van der Waals surface area contributed by atoms with Gasteiger partial charge < -0.3 is 10.8 Å². The van der Waals surface area contributed by atoms with Gasteiger partial charge >= 0.3 is 5.97 Å². The first-order valence-electron chi connectivity index (χ1n) is 2.54. The largest absolute Gasteiger partial charge is 0.480 e. The lowest BCUT2D eigenvalue weighted by molar-refractivity contribution is -0.139. The Morgan fingerprint density at radius 2 is 1.89 bits per heavy atom. The fraction of sp³-hybridized carbons (Fsp3) is 0.800. The van der Waals surface area contributed by atoms with Gasteiger partial charge in [0.15, 0.2) is 0 Å². The van der Waals surface area contributed by atoms with Crippen molar-refractivity contribution in [2.24, 2.45) is 11.7 Å². The minimum absolute atomic E-state index is 0. The molecule has 56 valence electrons. The third-order valence-electron chi connectivity index (χ3n) is 1.00. The van der Waals surface area contributed by atoms with Gasteiger partial charge in [0.1, 0.15) is 6.04 Å². The molecule has 0 bridgehead atoms. The maximum atomic E-state index is 10.0. The average molecular weight is 137 g/mol. The summed E-state index contributed by atoms with van der Waals surface area (Å²) in [5.74, 6) is -0.910. The van der Waals surface area contributed by atoms with Crippen molar-refractivity contribution < 1.29 is 14.6 Å². The summed E-state index contributed by atoms with van der Waals surface area (Å²) >= 11 is 0. The highest BCUT2D eigenvalue weighted by atomic mass is 19.0. The smallest absolute Gasteiger partial charge is 0.320 e. The quantitative estimate of drug-likeness (QED) is 0.571. The van der Waals surface area contributed by atoms with Gasteiger partial charge in [0.25, 0.3) is 0 Å². The molecule has 0 rings (SSSR count). The molecule has 0 amide bonds. The molecule has 0 saturated carbocycles. The van der Waals surface area contributed by atoms with Crippen molar-refractivity contribution >= 4 is 5.97 Å². The molecule has 0 aliphatic heterocycles. The summed E-state index contributed by atoms with van der Waals surface area (Å²) in [4.78, 5) is 10.0. The summed E-state index contributed by atoms with van der Waals surface area (Å²) < 4.78 is 0. The molecule has 9 heavy (non-hydrogen) atoms. The van der Waals surface area contributed by atoms with E-state index in [-0.39, 0.29) is 10.6 Å². The predicted molar refractivity (Wildman–Crippen MR) is 33.0 cm³/mol. The number of hydrogen-bond donors (Lipinski definition) is 2. The van der Waals surface area contributed by atoms with Gasteiger partial charge in [-0.05, 0) is 5.92 Å². The first-order chi connectivity index (χ1) is 3.55. The van der Waals surface area contributed by atoms with E-state index in [1.54, 1.807) is 13.8 Å². The van der Waals surface area contributed by atoms with E-state index in [0.29, 0.717) is 0 Å². The molecule has 1 unspecified atom stereocenters. The van der Waals surface area contributed by atoms with Crippen molar-refractivity contribution in [2.75, 3.05) is 0 Å². The van der Waals surface area contributed by atoms with E-state index in [9.17, 15) is 4.79 Å². The standard InChI is InChI=1S/C5H11NO2.FH/c1-3(2)4(6)5(7)8;/h3-4H,6H2,1-2H3,(H,7,8);1H. The van der Waals surface area contributed by atoms with E-state index in [2.05, 4.69) is 0 Å². The van der Waals surface area contributed by atoms with Gasteiger partial charge in [-0.15, -0.1) is 0 Å². The molecule has 0 radical (unpaired) electrons. The zero-order valence-corrected chi connectivity index (χ0v) is 5.50. The third-order valence-corrected chi connectivity index (χ3v) is 1.00. The van der Waals surface area contributed by atoms with E-state index < -0.39 is 12.0 Å². The number of carboxylic acid groups (broad SMARTS) is 1. The molecule has 0 aromatic rings. The summed E-state index contributed by atoms with van der Waals surface area (Å²) in [6.45, 7) is 3.55. The first kappa shape index (κ1) is 11.2. The Kier molecular flexibility index (Phi) is 5.30. The lowest BCUT2D eigenvalue weighted by atomic mass is 10.1. The van der Waals surface area contributed by atoms with Crippen LogP contribution in [0.3, 0.4) is 0 Å². The van der Waals surface area contributed by atoms with Gasteiger partial charge in [0.05, 0.1) is 0 Å². The van der Waals surface area contributed by atoms with Crippen molar-refractivity contribution in [2.45, 2.75) is 19.9 Å². The van der Waals surface area contributed by atoms with Crippen LogP contribution in [0.15, 0.2) is 0 Å². The molecule has 4 heteroatoms. The molecule has 0 aliphatic carbocycles. The van der Waals surface area contributed by atoms with E-state index in [1.807, 2.05) is 0 Å². The molecule has 0 aliphatic rings. The minimum Gasteiger partial charge on any atom is -0.480 e. The zero-order chi connectivity index (χ0) is 6.73. The summed E-state index contributed by atoms with van der Waals surface area (Å²) in [5.41, 5.74) is 5.16. The number of nitrogens with two attached hydrogens (primary N) is 1.